The SMILES string of the molecule is Cc1sccc1CC(C)CNC(C)C. The third-order valence-corrected chi connectivity index (χ3v) is 3.30. The second-order valence-corrected chi connectivity index (χ2v) is 5.49. The molecule has 80 valence electrons. The Morgan fingerprint density at radius 3 is 2.57 bits per heavy atom. The third kappa shape index (κ3) is 3.81. The van der Waals surface area contributed by atoms with Crippen molar-refractivity contribution in [1.29, 1.82) is 0 Å². The molecule has 0 amide bonds. The van der Waals surface area contributed by atoms with Gasteiger partial charge in [0, 0.05) is 10.9 Å². The standard InChI is InChI=1S/C12H21NS/c1-9(2)13-8-10(3)7-12-5-6-14-11(12)4/h5-6,9-10,13H,7-8H2,1-4H3. The fourth-order valence-corrected chi connectivity index (χ4v) is 2.25. The van der Waals surface area contributed by atoms with E-state index in [-0.39, 0.29) is 0 Å². The van der Waals surface area contributed by atoms with Crippen molar-refractivity contribution in [2.45, 2.75) is 40.2 Å². The third-order valence-electron chi connectivity index (χ3n) is 2.41. The molecule has 1 aromatic rings. The minimum absolute atomic E-state index is 0.598. The first-order chi connectivity index (χ1) is 6.59. The van der Waals surface area contributed by atoms with E-state index in [1.165, 1.54) is 16.9 Å². The smallest absolute Gasteiger partial charge is 0.00463 e. The Morgan fingerprint density at radius 1 is 1.36 bits per heavy atom. The molecule has 1 aromatic heterocycles. The highest BCUT2D eigenvalue weighted by Gasteiger charge is 2.06. The molecule has 0 aliphatic heterocycles. The van der Waals surface area contributed by atoms with E-state index in [0.29, 0.717) is 6.04 Å². The van der Waals surface area contributed by atoms with Crippen LogP contribution in [0.25, 0.3) is 0 Å². The zero-order valence-electron chi connectivity index (χ0n) is 9.63. The van der Waals surface area contributed by atoms with Gasteiger partial charge in [0.2, 0.25) is 0 Å². The van der Waals surface area contributed by atoms with E-state index >= 15 is 0 Å². The molecule has 1 unspecified atom stereocenters. The van der Waals surface area contributed by atoms with Crippen molar-refractivity contribution in [3.05, 3.63) is 21.9 Å². The van der Waals surface area contributed by atoms with Crippen LogP contribution in [0, 0.1) is 12.8 Å². The summed E-state index contributed by atoms with van der Waals surface area (Å²) in [4.78, 5) is 1.47. The molecule has 0 saturated carbocycles. The predicted octanol–water partition coefficient (Wildman–Crippen LogP) is 3.23. The van der Waals surface area contributed by atoms with Gasteiger partial charge in [0.1, 0.15) is 0 Å². The van der Waals surface area contributed by atoms with Crippen molar-refractivity contribution in [1.82, 2.24) is 5.32 Å². The molecule has 14 heavy (non-hydrogen) atoms. The Hall–Kier alpha value is -0.340. The fraction of sp³-hybridized carbons (Fsp3) is 0.667. The Balaban J connectivity index is 2.34. The molecule has 1 atom stereocenters. The van der Waals surface area contributed by atoms with E-state index in [1.54, 1.807) is 0 Å². The second-order valence-electron chi connectivity index (χ2n) is 4.37. The molecule has 0 aliphatic carbocycles. The van der Waals surface area contributed by atoms with Gasteiger partial charge in [-0.3, -0.25) is 0 Å². The highest BCUT2D eigenvalue weighted by atomic mass is 32.1. The van der Waals surface area contributed by atoms with E-state index in [0.717, 1.165) is 12.5 Å². The Bertz CT molecular complexity index is 265. The summed E-state index contributed by atoms with van der Waals surface area (Å²) < 4.78 is 0. The first-order valence-corrected chi connectivity index (χ1v) is 6.24. The summed E-state index contributed by atoms with van der Waals surface area (Å²) in [6.45, 7) is 10.0. The van der Waals surface area contributed by atoms with Crippen LogP contribution in [0.3, 0.4) is 0 Å². The first kappa shape index (κ1) is 11.7. The summed E-state index contributed by atoms with van der Waals surface area (Å²) in [6, 6.07) is 2.85. The lowest BCUT2D eigenvalue weighted by molar-refractivity contribution is 0.476. The molecular weight excluding hydrogens is 190 g/mol. The van der Waals surface area contributed by atoms with Gasteiger partial charge in [-0.25, -0.2) is 0 Å². The van der Waals surface area contributed by atoms with Crippen LogP contribution in [0.1, 0.15) is 31.2 Å². The average molecular weight is 211 g/mol. The fourth-order valence-electron chi connectivity index (χ4n) is 1.51. The molecule has 0 spiro atoms. The van der Waals surface area contributed by atoms with Crippen LogP contribution in [0.15, 0.2) is 11.4 Å². The maximum atomic E-state index is 3.48. The normalized spacial score (nSPS) is 13.5. The Morgan fingerprint density at radius 2 is 2.07 bits per heavy atom. The van der Waals surface area contributed by atoms with Crippen molar-refractivity contribution in [2.75, 3.05) is 6.54 Å². The molecule has 1 rings (SSSR count). The van der Waals surface area contributed by atoms with Gasteiger partial charge in [-0.1, -0.05) is 20.8 Å². The summed E-state index contributed by atoms with van der Waals surface area (Å²) in [5.41, 5.74) is 1.52. The van der Waals surface area contributed by atoms with E-state index in [2.05, 4.69) is 44.5 Å². The largest absolute Gasteiger partial charge is 0.314 e. The topological polar surface area (TPSA) is 12.0 Å². The van der Waals surface area contributed by atoms with Crippen LogP contribution >= 0.6 is 11.3 Å². The number of thiophene rings is 1. The van der Waals surface area contributed by atoms with Gasteiger partial charge < -0.3 is 5.32 Å². The van der Waals surface area contributed by atoms with Gasteiger partial charge in [0.25, 0.3) is 0 Å². The van der Waals surface area contributed by atoms with Crippen LogP contribution in [0.2, 0.25) is 0 Å². The minimum atomic E-state index is 0.598. The van der Waals surface area contributed by atoms with Gasteiger partial charge in [-0.2, -0.15) is 0 Å². The van der Waals surface area contributed by atoms with Gasteiger partial charge >= 0.3 is 0 Å². The molecule has 0 aliphatic rings. The van der Waals surface area contributed by atoms with Crippen LogP contribution < -0.4 is 5.32 Å². The number of hydrogen-bond acceptors (Lipinski definition) is 2. The van der Waals surface area contributed by atoms with E-state index in [4.69, 9.17) is 0 Å². The summed E-state index contributed by atoms with van der Waals surface area (Å²) >= 11 is 1.85. The highest BCUT2D eigenvalue weighted by molar-refractivity contribution is 7.10. The van der Waals surface area contributed by atoms with Crippen LogP contribution in [-0.2, 0) is 6.42 Å². The van der Waals surface area contributed by atoms with Crippen LogP contribution in [0.4, 0.5) is 0 Å². The lowest BCUT2D eigenvalue weighted by atomic mass is 10.0. The van der Waals surface area contributed by atoms with E-state index < -0.39 is 0 Å². The molecule has 1 N–H and O–H groups in total. The monoisotopic (exact) mass is 211 g/mol. The molecule has 1 heterocycles. The zero-order valence-corrected chi connectivity index (χ0v) is 10.4. The highest BCUT2D eigenvalue weighted by Crippen LogP contribution is 2.18. The second kappa shape index (κ2) is 5.52. The minimum Gasteiger partial charge on any atom is -0.314 e. The summed E-state index contributed by atoms with van der Waals surface area (Å²) in [7, 11) is 0. The first-order valence-electron chi connectivity index (χ1n) is 5.36. The van der Waals surface area contributed by atoms with Crippen molar-refractivity contribution in [2.24, 2.45) is 5.92 Å². The Kier molecular flexibility index (Phi) is 4.63. The predicted molar refractivity (Wildman–Crippen MR) is 65.1 cm³/mol. The lowest BCUT2D eigenvalue weighted by Gasteiger charge is -2.14. The lowest BCUT2D eigenvalue weighted by Crippen LogP contribution is -2.28. The Labute approximate surface area is 91.5 Å². The molecule has 0 saturated heterocycles. The molecular formula is C12H21NS. The maximum absolute atomic E-state index is 3.48. The maximum Gasteiger partial charge on any atom is 0.00463 e. The van der Waals surface area contributed by atoms with Gasteiger partial charge in [0.15, 0.2) is 0 Å². The number of hydrogen-bond donors (Lipinski definition) is 1. The molecule has 0 aromatic carbocycles. The van der Waals surface area contributed by atoms with Crippen LogP contribution in [0.5, 0.6) is 0 Å². The van der Waals surface area contributed by atoms with Gasteiger partial charge in [0.05, 0.1) is 0 Å². The van der Waals surface area contributed by atoms with E-state index in [1.807, 2.05) is 11.3 Å². The van der Waals surface area contributed by atoms with Crippen molar-refractivity contribution in [3.8, 4) is 0 Å². The quantitative estimate of drug-likeness (QED) is 0.788. The van der Waals surface area contributed by atoms with Crippen LogP contribution in [-0.4, -0.2) is 12.6 Å². The summed E-state index contributed by atoms with van der Waals surface area (Å²) in [5.74, 6) is 0.727. The van der Waals surface area contributed by atoms with Crippen molar-refractivity contribution in [3.63, 3.8) is 0 Å². The average Bonchev–Trinajstić information content (AvgIpc) is 2.49. The van der Waals surface area contributed by atoms with Gasteiger partial charge in [-0.05, 0) is 42.8 Å². The van der Waals surface area contributed by atoms with E-state index in [9.17, 15) is 0 Å². The summed E-state index contributed by atoms with van der Waals surface area (Å²) in [5, 5.41) is 5.67. The number of aryl methyl sites for hydroxylation is 1. The van der Waals surface area contributed by atoms with Gasteiger partial charge in [-0.15, -0.1) is 11.3 Å². The molecule has 1 nitrogen and oxygen atoms in total. The van der Waals surface area contributed by atoms with Crippen molar-refractivity contribution < 1.29 is 0 Å². The molecule has 0 radical (unpaired) electrons. The molecule has 2 heteroatoms. The molecule has 0 fully saturated rings. The zero-order chi connectivity index (χ0) is 10.6. The summed E-state index contributed by atoms with van der Waals surface area (Å²) in [6.07, 6.45) is 1.20. The number of rotatable bonds is 5. The number of nitrogens with one attached hydrogen (secondary N) is 1. The van der Waals surface area contributed by atoms with Crippen molar-refractivity contribution >= 4 is 11.3 Å². The molecule has 0 bridgehead atoms.